The number of aliphatic hydroxyl groups excluding tert-OH is 1. The van der Waals surface area contributed by atoms with E-state index < -0.39 is 6.10 Å². The van der Waals surface area contributed by atoms with Crippen LogP contribution in [-0.2, 0) is 0 Å². The van der Waals surface area contributed by atoms with Gasteiger partial charge in [0.1, 0.15) is 29.1 Å². The van der Waals surface area contributed by atoms with Gasteiger partial charge in [0.05, 0.1) is 17.5 Å². The number of aromatic nitrogens is 5. The molecule has 0 radical (unpaired) electrons. The number of aliphatic hydroxyl groups is 1. The van der Waals surface area contributed by atoms with Crippen molar-refractivity contribution in [1.82, 2.24) is 34.5 Å². The predicted molar refractivity (Wildman–Crippen MR) is 138 cm³/mol. The van der Waals surface area contributed by atoms with Gasteiger partial charge in [-0.15, -0.1) is 0 Å². The molecule has 9 nitrogen and oxygen atoms in total. The number of allylic oxidation sites excluding steroid dienone is 1. The molecule has 1 aliphatic rings. The van der Waals surface area contributed by atoms with Crippen molar-refractivity contribution < 1.29 is 5.11 Å². The number of rotatable bonds is 11. The molecule has 0 aliphatic heterocycles. The van der Waals surface area contributed by atoms with Gasteiger partial charge in [0.2, 0.25) is 0 Å². The van der Waals surface area contributed by atoms with E-state index in [1.165, 1.54) is 29.8 Å². The van der Waals surface area contributed by atoms with Gasteiger partial charge in [0, 0.05) is 11.8 Å². The van der Waals surface area contributed by atoms with Gasteiger partial charge in [-0.25, -0.2) is 15.0 Å². The molecule has 4 atom stereocenters. The maximum atomic E-state index is 11.2. The van der Waals surface area contributed by atoms with Crippen LogP contribution in [0, 0.1) is 11.8 Å². The van der Waals surface area contributed by atoms with Crippen LogP contribution in [0.4, 0.5) is 5.82 Å². The summed E-state index contributed by atoms with van der Waals surface area (Å²) in [5, 5.41) is 19.8. The third-order valence-corrected chi connectivity index (χ3v) is 7.81. The standard InChI is InChI=1S/C24H36N8OS/c1-4-15(2)6-9-26-7-5-8-27-11-17-10-19(21(33)16(17)3)32-12-18(24-30-14-31-34-24)20-22(25)28-13-29-23(20)32/h4,12-14,16-17,19,21,26-27,33H,5-11H2,1-3H3,(H2,25,28,29)/b15-4+/t16-,17-,19-,21-/m1/s1. The Morgan fingerprint density at radius 1 is 1.24 bits per heavy atom. The Labute approximate surface area is 205 Å². The van der Waals surface area contributed by atoms with Crippen molar-refractivity contribution in [3.63, 3.8) is 0 Å². The van der Waals surface area contributed by atoms with Gasteiger partial charge < -0.3 is 26.0 Å². The molecule has 4 rings (SSSR count). The summed E-state index contributed by atoms with van der Waals surface area (Å²) in [6.45, 7) is 10.3. The molecule has 0 saturated heterocycles. The quantitative estimate of drug-likeness (QED) is 0.242. The summed E-state index contributed by atoms with van der Waals surface area (Å²) in [6, 6.07) is -0.0724. The second kappa shape index (κ2) is 11.4. The minimum atomic E-state index is -0.461. The van der Waals surface area contributed by atoms with E-state index >= 15 is 0 Å². The van der Waals surface area contributed by atoms with Crippen LogP contribution in [0.25, 0.3) is 21.6 Å². The van der Waals surface area contributed by atoms with Crippen molar-refractivity contribution in [2.24, 2.45) is 11.8 Å². The molecular formula is C24H36N8OS. The lowest BCUT2D eigenvalue weighted by molar-refractivity contribution is 0.0956. The van der Waals surface area contributed by atoms with E-state index in [0.717, 1.165) is 67.0 Å². The first-order chi connectivity index (χ1) is 16.5. The number of fused-ring (bicyclic) bond motifs is 1. The normalized spacial score (nSPS) is 23.2. The molecule has 1 saturated carbocycles. The monoisotopic (exact) mass is 484 g/mol. The molecule has 1 fully saturated rings. The van der Waals surface area contributed by atoms with E-state index in [-0.39, 0.29) is 12.0 Å². The van der Waals surface area contributed by atoms with Gasteiger partial charge in [-0.3, -0.25) is 0 Å². The van der Waals surface area contributed by atoms with Crippen molar-refractivity contribution >= 4 is 28.4 Å². The second-order valence-corrected chi connectivity index (χ2v) is 10.0. The summed E-state index contributed by atoms with van der Waals surface area (Å²) in [7, 11) is 0. The third-order valence-electron chi connectivity index (χ3n) is 7.11. The Kier molecular flexibility index (Phi) is 8.25. The molecule has 0 bridgehead atoms. The van der Waals surface area contributed by atoms with Gasteiger partial charge in [0.25, 0.3) is 0 Å². The summed E-state index contributed by atoms with van der Waals surface area (Å²) in [5.41, 5.74) is 9.25. The fourth-order valence-corrected chi connectivity index (χ4v) is 5.38. The highest BCUT2D eigenvalue weighted by Crippen LogP contribution is 2.43. The maximum absolute atomic E-state index is 11.2. The van der Waals surface area contributed by atoms with Gasteiger partial charge in [0.15, 0.2) is 0 Å². The molecule has 0 aromatic carbocycles. The molecule has 5 N–H and O–H groups in total. The van der Waals surface area contributed by atoms with E-state index in [4.69, 9.17) is 5.73 Å². The van der Waals surface area contributed by atoms with Gasteiger partial charge >= 0.3 is 0 Å². The van der Waals surface area contributed by atoms with E-state index in [9.17, 15) is 5.11 Å². The smallest absolute Gasteiger partial charge is 0.146 e. The van der Waals surface area contributed by atoms with Crippen LogP contribution in [0.5, 0.6) is 0 Å². The minimum Gasteiger partial charge on any atom is -0.391 e. The zero-order valence-electron chi connectivity index (χ0n) is 20.2. The lowest BCUT2D eigenvalue weighted by Crippen LogP contribution is -2.29. The summed E-state index contributed by atoms with van der Waals surface area (Å²) >= 11 is 1.31. The molecule has 34 heavy (non-hydrogen) atoms. The van der Waals surface area contributed by atoms with Crippen LogP contribution in [0.2, 0.25) is 0 Å². The first-order valence-electron chi connectivity index (χ1n) is 12.1. The Morgan fingerprint density at radius 2 is 2.06 bits per heavy atom. The Morgan fingerprint density at radius 3 is 2.82 bits per heavy atom. The number of nitrogens with two attached hydrogens (primary N) is 1. The van der Waals surface area contributed by atoms with Gasteiger partial charge in [-0.1, -0.05) is 18.6 Å². The van der Waals surface area contributed by atoms with Crippen molar-refractivity contribution in [3.8, 4) is 10.6 Å². The highest BCUT2D eigenvalue weighted by Gasteiger charge is 2.41. The molecule has 184 valence electrons. The second-order valence-electron chi connectivity index (χ2n) is 9.26. The molecule has 1 aliphatic carbocycles. The summed E-state index contributed by atoms with van der Waals surface area (Å²) in [4.78, 5) is 13.1. The number of nitrogens with zero attached hydrogens (tertiary/aromatic N) is 5. The molecule has 10 heteroatoms. The molecule has 0 unspecified atom stereocenters. The van der Waals surface area contributed by atoms with E-state index in [2.05, 4.69) is 61.4 Å². The lowest BCUT2D eigenvalue weighted by Gasteiger charge is -2.20. The van der Waals surface area contributed by atoms with Gasteiger partial charge in [-0.05, 0) is 82.7 Å². The highest BCUT2D eigenvalue weighted by molar-refractivity contribution is 7.09. The van der Waals surface area contributed by atoms with Crippen LogP contribution < -0.4 is 16.4 Å². The van der Waals surface area contributed by atoms with Crippen molar-refractivity contribution in [3.05, 3.63) is 30.5 Å². The van der Waals surface area contributed by atoms with E-state index in [1.807, 2.05) is 6.20 Å². The van der Waals surface area contributed by atoms with Crippen LogP contribution in [0.3, 0.4) is 0 Å². The van der Waals surface area contributed by atoms with E-state index in [1.54, 1.807) is 0 Å². The number of hydrogen-bond acceptors (Lipinski definition) is 9. The summed E-state index contributed by atoms with van der Waals surface area (Å²) in [5.74, 6) is 0.982. The number of nitrogen functional groups attached to an aromatic ring is 1. The Balaban J connectivity index is 1.37. The van der Waals surface area contributed by atoms with E-state index in [0.29, 0.717) is 11.7 Å². The van der Waals surface area contributed by atoms with Crippen molar-refractivity contribution in [1.29, 1.82) is 0 Å². The average molecular weight is 485 g/mol. The molecular weight excluding hydrogens is 448 g/mol. The first kappa shape index (κ1) is 24.7. The number of anilines is 1. The summed E-state index contributed by atoms with van der Waals surface area (Å²) < 4.78 is 6.20. The summed E-state index contributed by atoms with van der Waals surface area (Å²) in [6.07, 6.45) is 9.81. The minimum absolute atomic E-state index is 0.0724. The fraction of sp³-hybridized carbons (Fsp3) is 0.583. The molecule has 3 heterocycles. The highest BCUT2D eigenvalue weighted by atomic mass is 32.1. The van der Waals surface area contributed by atoms with Crippen molar-refractivity contribution in [2.45, 2.75) is 52.2 Å². The lowest BCUT2D eigenvalue weighted by atomic mass is 9.97. The largest absolute Gasteiger partial charge is 0.391 e. The molecule has 3 aromatic heterocycles. The Bertz CT molecular complexity index is 1100. The number of hydrogen-bond donors (Lipinski definition) is 4. The number of nitrogens with one attached hydrogen (secondary N) is 2. The zero-order chi connectivity index (χ0) is 24.1. The first-order valence-corrected chi connectivity index (χ1v) is 12.9. The van der Waals surface area contributed by atoms with Gasteiger partial charge in [-0.2, -0.15) is 4.37 Å². The average Bonchev–Trinajstić information content (AvgIpc) is 3.56. The third kappa shape index (κ3) is 5.30. The molecule has 0 spiro atoms. The zero-order valence-corrected chi connectivity index (χ0v) is 21.1. The molecule has 3 aromatic rings. The predicted octanol–water partition coefficient (Wildman–Crippen LogP) is 3.02. The Hall–Kier alpha value is -2.40. The molecule has 0 amide bonds. The van der Waals surface area contributed by atoms with Crippen molar-refractivity contribution in [2.75, 3.05) is 31.9 Å². The van der Waals surface area contributed by atoms with Crippen LogP contribution >= 0.6 is 11.5 Å². The van der Waals surface area contributed by atoms with Crippen LogP contribution in [0.1, 0.15) is 46.1 Å². The maximum Gasteiger partial charge on any atom is 0.146 e. The fourth-order valence-electron chi connectivity index (χ4n) is 4.84. The van der Waals surface area contributed by atoms with Crippen LogP contribution in [0.15, 0.2) is 30.5 Å². The SMILES string of the molecule is C/C=C(\C)CCNCCCNC[C@H]1C[C@@H](n2cc(-c3ncns3)c3c(N)ncnc32)[C@H](O)[C@@H]1C. The van der Waals surface area contributed by atoms with Crippen LogP contribution in [-0.4, -0.2) is 61.3 Å². The topological polar surface area (TPSA) is 127 Å².